The van der Waals surface area contributed by atoms with Crippen molar-refractivity contribution in [3.05, 3.63) is 0 Å². The number of ether oxygens (including phenoxy) is 1. The SMILES string of the molecule is COC(=O)[C@H]1CN(C)C[C@@H]1N.Cl.Cl. The average molecular weight is 231 g/mol. The van der Waals surface area contributed by atoms with Crippen molar-refractivity contribution in [2.45, 2.75) is 6.04 Å². The summed E-state index contributed by atoms with van der Waals surface area (Å²) in [5.74, 6) is -0.327. The number of rotatable bonds is 1. The predicted molar refractivity (Wildman–Crippen MR) is 55.5 cm³/mol. The van der Waals surface area contributed by atoms with Gasteiger partial charge in [0.15, 0.2) is 0 Å². The molecule has 2 N–H and O–H groups in total. The van der Waals surface area contributed by atoms with E-state index in [-0.39, 0.29) is 42.7 Å². The lowest BCUT2D eigenvalue weighted by atomic mass is 10.1. The molecule has 6 heteroatoms. The smallest absolute Gasteiger partial charge is 0.311 e. The molecule has 4 nitrogen and oxygen atoms in total. The van der Waals surface area contributed by atoms with Gasteiger partial charge >= 0.3 is 5.97 Å². The van der Waals surface area contributed by atoms with Crippen molar-refractivity contribution in [1.82, 2.24) is 4.90 Å². The van der Waals surface area contributed by atoms with E-state index in [2.05, 4.69) is 4.74 Å². The monoisotopic (exact) mass is 230 g/mol. The van der Waals surface area contributed by atoms with Crippen molar-refractivity contribution < 1.29 is 9.53 Å². The highest BCUT2D eigenvalue weighted by molar-refractivity contribution is 5.85. The summed E-state index contributed by atoms with van der Waals surface area (Å²) in [4.78, 5) is 13.1. The average Bonchev–Trinajstić information content (AvgIpc) is 2.28. The van der Waals surface area contributed by atoms with Crippen LogP contribution in [0.25, 0.3) is 0 Å². The van der Waals surface area contributed by atoms with Gasteiger partial charge in [0.1, 0.15) is 0 Å². The summed E-state index contributed by atoms with van der Waals surface area (Å²) in [5.41, 5.74) is 5.70. The third kappa shape index (κ3) is 3.68. The Morgan fingerprint density at radius 2 is 2.00 bits per heavy atom. The third-order valence-electron chi connectivity index (χ3n) is 2.05. The second-order valence-electron chi connectivity index (χ2n) is 3.01. The number of hydrogen-bond donors (Lipinski definition) is 1. The summed E-state index contributed by atoms with van der Waals surface area (Å²) in [7, 11) is 3.34. The molecule has 0 saturated carbocycles. The van der Waals surface area contributed by atoms with Gasteiger partial charge in [0.25, 0.3) is 0 Å². The van der Waals surface area contributed by atoms with Gasteiger partial charge in [-0.15, -0.1) is 24.8 Å². The maximum atomic E-state index is 11.0. The Kier molecular flexibility index (Phi) is 7.64. The van der Waals surface area contributed by atoms with Crippen molar-refractivity contribution in [3.63, 3.8) is 0 Å². The fourth-order valence-electron chi connectivity index (χ4n) is 1.43. The number of hydrogen-bond acceptors (Lipinski definition) is 4. The summed E-state index contributed by atoms with van der Waals surface area (Å²) in [6.45, 7) is 1.49. The summed E-state index contributed by atoms with van der Waals surface area (Å²) >= 11 is 0. The van der Waals surface area contributed by atoms with Crippen molar-refractivity contribution >= 4 is 30.8 Å². The molecule has 0 spiro atoms. The largest absolute Gasteiger partial charge is 0.469 e. The number of carbonyl (C=O) groups excluding carboxylic acids is 1. The zero-order chi connectivity index (χ0) is 8.43. The maximum Gasteiger partial charge on any atom is 0.311 e. The van der Waals surface area contributed by atoms with Crippen LogP contribution in [0.3, 0.4) is 0 Å². The first-order valence-electron chi connectivity index (χ1n) is 3.67. The fourth-order valence-corrected chi connectivity index (χ4v) is 1.43. The molecule has 0 aromatic carbocycles. The zero-order valence-electron chi connectivity index (χ0n) is 7.73. The molecule has 0 aromatic heterocycles. The van der Waals surface area contributed by atoms with E-state index in [1.165, 1.54) is 7.11 Å². The Bertz CT molecular complexity index is 169. The van der Waals surface area contributed by atoms with Crippen LogP contribution in [0, 0.1) is 5.92 Å². The molecule has 1 aliphatic rings. The Morgan fingerprint density at radius 1 is 1.46 bits per heavy atom. The van der Waals surface area contributed by atoms with Gasteiger partial charge in [-0.2, -0.15) is 0 Å². The summed E-state index contributed by atoms with van der Waals surface area (Å²) in [6, 6.07) is -0.0625. The summed E-state index contributed by atoms with van der Waals surface area (Å²) in [6.07, 6.45) is 0. The van der Waals surface area contributed by atoms with E-state index in [0.29, 0.717) is 6.54 Å². The molecule has 0 unspecified atom stereocenters. The molecule has 1 rings (SSSR count). The van der Waals surface area contributed by atoms with E-state index in [9.17, 15) is 4.79 Å². The second kappa shape index (κ2) is 6.43. The molecule has 13 heavy (non-hydrogen) atoms. The molecule has 1 heterocycles. The van der Waals surface area contributed by atoms with Crippen LogP contribution in [0.1, 0.15) is 0 Å². The molecular formula is C7H16Cl2N2O2. The first-order valence-corrected chi connectivity index (χ1v) is 3.67. The van der Waals surface area contributed by atoms with Crippen LogP contribution >= 0.6 is 24.8 Å². The number of nitrogens with two attached hydrogens (primary N) is 1. The molecule has 0 amide bonds. The Balaban J connectivity index is 0. The Labute approximate surface area is 90.6 Å². The van der Waals surface area contributed by atoms with Crippen LogP contribution in [0.2, 0.25) is 0 Å². The maximum absolute atomic E-state index is 11.0. The van der Waals surface area contributed by atoms with Crippen LogP contribution in [-0.4, -0.2) is 44.2 Å². The van der Waals surface area contributed by atoms with Gasteiger partial charge in [-0.05, 0) is 7.05 Å². The molecule has 0 aliphatic carbocycles. The highest BCUT2D eigenvalue weighted by Gasteiger charge is 2.34. The number of nitrogens with zero attached hydrogens (tertiary/aromatic N) is 1. The summed E-state index contributed by atoms with van der Waals surface area (Å²) in [5, 5.41) is 0. The minimum atomic E-state index is -0.193. The Hall–Kier alpha value is -0.0300. The minimum absolute atomic E-state index is 0. The highest BCUT2D eigenvalue weighted by Crippen LogP contribution is 2.14. The van der Waals surface area contributed by atoms with E-state index in [1.54, 1.807) is 0 Å². The molecular weight excluding hydrogens is 215 g/mol. The van der Waals surface area contributed by atoms with Gasteiger partial charge in [0.2, 0.25) is 0 Å². The molecule has 0 aromatic rings. The van der Waals surface area contributed by atoms with Crippen molar-refractivity contribution in [1.29, 1.82) is 0 Å². The minimum Gasteiger partial charge on any atom is -0.469 e. The van der Waals surface area contributed by atoms with Gasteiger partial charge in [-0.1, -0.05) is 0 Å². The van der Waals surface area contributed by atoms with Gasteiger partial charge in [-0.25, -0.2) is 0 Å². The number of halogens is 2. The van der Waals surface area contributed by atoms with Crippen LogP contribution < -0.4 is 5.73 Å². The molecule has 2 atom stereocenters. The summed E-state index contributed by atoms with van der Waals surface area (Å²) < 4.78 is 4.61. The molecule has 80 valence electrons. The number of carbonyl (C=O) groups is 1. The third-order valence-corrected chi connectivity index (χ3v) is 2.05. The second-order valence-corrected chi connectivity index (χ2v) is 3.01. The van der Waals surface area contributed by atoms with Gasteiger partial charge in [0, 0.05) is 19.1 Å². The van der Waals surface area contributed by atoms with Crippen LogP contribution in [0.15, 0.2) is 0 Å². The van der Waals surface area contributed by atoms with Gasteiger partial charge in [0.05, 0.1) is 13.0 Å². The normalized spacial score (nSPS) is 27.3. The van der Waals surface area contributed by atoms with Crippen molar-refractivity contribution in [2.24, 2.45) is 11.7 Å². The molecule has 1 aliphatic heterocycles. The number of likely N-dealkylation sites (tertiary alicyclic amines) is 1. The van der Waals surface area contributed by atoms with E-state index >= 15 is 0 Å². The lowest BCUT2D eigenvalue weighted by Gasteiger charge is -2.10. The molecule has 0 radical (unpaired) electrons. The molecule has 0 bridgehead atoms. The number of methoxy groups -OCH3 is 1. The van der Waals surface area contributed by atoms with E-state index in [0.717, 1.165) is 6.54 Å². The Morgan fingerprint density at radius 3 is 2.31 bits per heavy atom. The van der Waals surface area contributed by atoms with Gasteiger partial charge < -0.3 is 15.4 Å². The highest BCUT2D eigenvalue weighted by atomic mass is 35.5. The van der Waals surface area contributed by atoms with E-state index in [1.807, 2.05) is 11.9 Å². The van der Waals surface area contributed by atoms with Crippen LogP contribution in [-0.2, 0) is 9.53 Å². The van der Waals surface area contributed by atoms with Crippen molar-refractivity contribution in [2.75, 3.05) is 27.2 Å². The van der Waals surface area contributed by atoms with Gasteiger partial charge in [-0.3, -0.25) is 4.79 Å². The number of esters is 1. The molecule has 1 fully saturated rings. The lowest BCUT2D eigenvalue weighted by Crippen LogP contribution is -2.34. The first-order chi connectivity index (χ1) is 5.15. The molecule has 1 saturated heterocycles. The zero-order valence-corrected chi connectivity index (χ0v) is 9.36. The quantitative estimate of drug-likeness (QED) is 0.640. The van der Waals surface area contributed by atoms with E-state index < -0.39 is 0 Å². The van der Waals surface area contributed by atoms with Crippen LogP contribution in [0.5, 0.6) is 0 Å². The lowest BCUT2D eigenvalue weighted by molar-refractivity contribution is -0.145. The fraction of sp³-hybridized carbons (Fsp3) is 0.857. The standard InChI is InChI=1S/C7H14N2O2.2ClH/c1-9-3-5(6(8)4-9)7(10)11-2;;/h5-6H,3-4,8H2,1-2H3;2*1H/t5-,6-;;/m0../s1. The topological polar surface area (TPSA) is 55.6 Å². The number of likely N-dealkylation sites (N-methyl/N-ethyl adjacent to an activating group) is 1. The first kappa shape index (κ1) is 15.4. The predicted octanol–water partition coefficient (Wildman–Crippen LogP) is -0.108. The van der Waals surface area contributed by atoms with E-state index in [4.69, 9.17) is 5.73 Å². The van der Waals surface area contributed by atoms with Crippen LogP contribution in [0.4, 0.5) is 0 Å². The van der Waals surface area contributed by atoms with Crippen molar-refractivity contribution in [3.8, 4) is 0 Å².